The van der Waals surface area contributed by atoms with E-state index in [0.717, 1.165) is 12.0 Å². The normalized spacial score (nSPS) is 11.2. The van der Waals surface area contributed by atoms with Crippen LogP contribution in [-0.4, -0.2) is 17.0 Å². The first-order valence-electron chi connectivity index (χ1n) is 7.97. The van der Waals surface area contributed by atoms with E-state index in [-0.39, 0.29) is 4.75 Å². The zero-order valence-corrected chi connectivity index (χ0v) is 14.2. The molecule has 0 radical (unpaired) electrons. The van der Waals surface area contributed by atoms with Gasteiger partial charge < -0.3 is 4.79 Å². The first-order valence-corrected chi connectivity index (χ1v) is 8.95. The number of benzene rings is 2. The maximum absolute atomic E-state index is 10.9. The second-order valence-electron chi connectivity index (χ2n) is 5.45. The van der Waals surface area contributed by atoms with Crippen LogP contribution >= 0.6 is 11.8 Å². The summed E-state index contributed by atoms with van der Waals surface area (Å²) in [6.45, 7) is 0. The van der Waals surface area contributed by atoms with Crippen LogP contribution in [0.5, 0.6) is 0 Å². The minimum Gasteiger partial charge on any atom is -0.303 e. The summed E-state index contributed by atoms with van der Waals surface area (Å²) in [7, 11) is 0. The molecule has 0 N–H and O–H groups in total. The lowest BCUT2D eigenvalue weighted by atomic mass is 9.84. The Morgan fingerprint density at radius 2 is 1.29 bits per heavy atom. The smallest absolute Gasteiger partial charge is 0.120 e. The van der Waals surface area contributed by atoms with E-state index in [1.807, 2.05) is 24.5 Å². The molecule has 2 aromatic carbocycles. The molecule has 0 saturated carbocycles. The van der Waals surface area contributed by atoms with Gasteiger partial charge in [0.05, 0.1) is 4.75 Å². The number of aromatic nitrogens is 1. The predicted molar refractivity (Wildman–Crippen MR) is 100 cm³/mol. The van der Waals surface area contributed by atoms with Gasteiger partial charge in [-0.15, -0.1) is 11.8 Å². The number of hydrogen-bond acceptors (Lipinski definition) is 3. The fourth-order valence-corrected chi connectivity index (χ4v) is 4.37. The number of rotatable bonds is 7. The molecule has 0 aliphatic heterocycles. The van der Waals surface area contributed by atoms with Crippen molar-refractivity contribution in [3.8, 4) is 0 Å². The van der Waals surface area contributed by atoms with Gasteiger partial charge in [0.2, 0.25) is 0 Å². The summed E-state index contributed by atoms with van der Waals surface area (Å²) in [6.07, 6.45) is 5.18. The van der Waals surface area contributed by atoms with E-state index in [1.54, 1.807) is 11.8 Å². The molecule has 0 aliphatic carbocycles. The first kappa shape index (κ1) is 16.5. The van der Waals surface area contributed by atoms with Gasteiger partial charge in [-0.05, 0) is 28.8 Å². The summed E-state index contributed by atoms with van der Waals surface area (Å²) >= 11 is 1.79. The van der Waals surface area contributed by atoms with Gasteiger partial charge in [-0.25, -0.2) is 0 Å². The molecular formula is C21H19NOS. The van der Waals surface area contributed by atoms with Gasteiger partial charge in [0.15, 0.2) is 0 Å². The second-order valence-corrected chi connectivity index (χ2v) is 6.76. The van der Waals surface area contributed by atoms with Gasteiger partial charge in [0.25, 0.3) is 0 Å². The van der Waals surface area contributed by atoms with E-state index >= 15 is 0 Å². The summed E-state index contributed by atoms with van der Waals surface area (Å²) in [4.78, 5) is 15.1. The van der Waals surface area contributed by atoms with Crippen LogP contribution in [0.3, 0.4) is 0 Å². The van der Waals surface area contributed by atoms with Gasteiger partial charge >= 0.3 is 0 Å². The van der Waals surface area contributed by atoms with Crippen LogP contribution in [-0.2, 0) is 9.54 Å². The van der Waals surface area contributed by atoms with E-state index < -0.39 is 0 Å². The highest BCUT2D eigenvalue weighted by Gasteiger charge is 2.36. The minimum absolute atomic E-state index is 0.353. The van der Waals surface area contributed by atoms with E-state index in [9.17, 15) is 4.79 Å². The molecule has 0 fully saturated rings. The highest BCUT2D eigenvalue weighted by molar-refractivity contribution is 8.00. The molecule has 0 atom stereocenters. The number of carbonyl (C=O) groups excluding carboxylic acids is 1. The number of aldehydes is 1. The Labute approximate surface area is 147 Å². The number of carbonyl (C=O) groups is 1. The number of thioether (sulfide) groups is 1. The molecule has 120 valence electrons. The lowest BCUT2D eigenvalue weighted by molar-refractivity contribution is -0.107. The van der Waals surface area contributed by atoms with Crippen molar-refractivity contribution in [2.45, 2.75) is 11.2 Å². The van der Waals surface area contributed by atoms with Crippen LogP contribution in [0.4, 0.5) is 0 Å². The van der Waals surface area contributed by atoms with Crippen LogP contribution in [0.1, 0.15) is 23.1 Å². The molecule has 0 saturated heterocycles. The molecule has 0 aliphatic rings. The Morgan fingerprint density at radius 3 is 1.79 bits per heavy atom. The molecule has 3 heteroatoms. The Balaban J connectivity index is 2.22. The predicted octanol–water partition coefficient (Wildman–Crippen LogP) is 4.70. The molecule has 3 aromatic rings. The van der Waals surface area contributed by atoms with Crippen molar-refractivity contribution in [1.82, 2.24) is 4.98 Å². The summed E-state index contributed by atoms with van der Waals surface area (Å²) in [6, 6.07) is 25.1. The summed E-state index contributed by atoms with van der Waals surface area (Å²) < 4.78 is -0.353. The van der Waals surface area contributed by atoms with Crippen LogP contribution in [0.2, 0.25) is 0 Å². The van der Waals surface area contributed by atoms with E-state index in [2.05, 4.69) is 65.6 Å². The summed E-state index contributed by atoms with van der Waals surface area (Å²) in [5, 5.41) is 0. The molecule has 24 heavy (non-hydrogen) atoms. The first-order chi connectivity index (χ1) is 11.9. The SMILES string of the molecule is O=CCCSC(c1ccccc1)(c1ccccc1)c1ccncc1. The molecule has 0 unspecified atom stereocenters. The van der Waals surface area contributed by atoms with E-state index in [4.69, 9.17) is 0 Å². The molecule has 1 heterocycles. The highest BCUT2D eigenvalue weighted by Crippen LogP contribution is 2.48. The van der Waals surface area contributed by atoms with Crippen LogP contribution in [0.25, 0.3) is 0 Å². The third kappa shape index (κ3) is 3.26. The van der Waals surface area contributed by atoms with Crippen LogP contribution in [0, 0.1) is 0 Å². The third-order valence-corrected chi connectivity index (χ3v) is 5.58. The van der Waals surface area contributed by atoms with Gasteiger partial charge in [-0.2, -0.15) is 0 Å². The summed E-state index contributed by atoms with van der Waals surface area (Å²) in [5.74, 6) is 0.760. The fourth-order valence-electron chi connectivity index (χ4n) is 2.94. The average Bonchev–Trinajstić information content (AvgIpc) is 2.68. The van der Waals surface area contributed by atoms with Crippen LogP contribution in [0.15, 0.2) is 85.2 Å². The zero-order valence-electron chi connectivity index (χ0n) is 13.3. The molecule has 0 spiro atoms. The Kier molecular flexibility index (Phi) is 5.44. The molecular weight excluding hydrogens is 314 g/mol. The largest absolute Gasteiger partial charge is 0.303 e. The topological polar surface area (TPSA) is 30.0 Å². The van der Waals surface area contributed by atoms with E-state index in [1.165, 1.54) is 16.7 Å². The quantitative estimate of drug-likeness (QED) is 0.464. The summed E-state index contributed by atoms with van der Waals surface area (Å²) in [5.41, 5.74) is 3.59. The van der Waals surface area contributed by atoms with Crippen LogP contribution < -0.4 is 0 Å². The van der Waals surface area contributed by atoms with Crippen molar-refractivity contribution < 1.29 is 4.79 Å². The molecule has 1 aromatic heterocycles. The molecule has 3 rings (SSSR count). The van der Waals surface area contributed by atoms with Crippen molar-refractivity contribution in [3.63, 3.8) is 0 Å². The molecule has 0 bridgehead atoms. The van der Waals surface area contributed by atoms with Crippen molar-refractivity contribution in [2.24, 2.45) is 0 Å². The van der Waals surface area contributed by atoms with Crippen molar-refractivity contribution in [2.75, 3.05) is 5.75 Å². The van der Waals surface area contributed by atoms with E-state index in [0.29, 0.717) is 6.42 Å². The van der Waals surface area contributed by atoms with Crippen molar-refractivity contribution in [3.05, 3.63) is 102 Å². The third-order valence-electron chi connectivity index (χ3n) is 4.00. The highest BCUT2D eigenvalue weighted by atomic mass is 32.2. The standard InChI is InChI=1S/C21H19NOS/c23-16-7-17-24-21(18-8-3-1-4-9-18,19-10-5-2-6-11-19)20-12-14-22-15-13-20/h1-6,8-16H,7,17H2. The lowest BCUT2D eigenvalue weighted by Crippen LogP contribution is -2.26. The maximum Gasteiger partial charge on any atom is 0.120 e. The number of pyridine rings is 1. The molecule has 0 amide bonds. The zero-order chi connectivity index (χ0) is 16.7. The van der Waals surface area contributed by atoms with Crippen molar-refractivity contribution in [1.29, 1.82) is 0 Å². The lowest BCUT2D eigenvalue weighted by Gasteiger charge is -2.35. The Bertz CT molecular complexity index is 663. The Morgan fingerprint density at radius 1 is 0.792 bits per heavy atom. The molecule has 2 nitrogen and oxygen atoms in total. The monoisotopic (exact) mass is 333 g/mol. The maximum atomic E-state index is 10.9. The fraction of sp³-hybridized carbons (Fsp3) is 0.143. The second kappa shape index (κ2) is 7.93. The van der Waals surface area contributed by atoms with Crippen molar-refractivity contribution >= 4 is 18.0 Å². The van der Waals surface area contributed by atoms with Gasteiger partial charge in [0.1, 0.15) is 6.29 Å². The van der Waals surface area contributed by atoms with Gasteiger partial charge in [-0.3, -0.25) is 4.98 Å². The number of nitrogens with zero attached hydrogens (tertiary/aromatic N) is 1. The Hall–Kier alpha value is -2.39. The van der Waals surface area contributed by atoms with Gasteiger partial charge in [0, 0.05) is 24.6 Å². The van der Waals surface area contributed by atoms with Gasteiger partial charge in [-0.1, -0.05) is 60.7 Å². The minimum atomic E-state index is -0.353. The average molecular weight is 333 g/mol. The number of hydrogen-bond donors (Lipinski definition) is 0.